The van der Waals surface area contributed by atoms with Gasteiger partial charge < -0.3 is 9.79 Å². The van der Waals surface area contributed by atoms with Crippen LogP contribution in [0.2, 0.25) is 5.15 Å². The molecule has 3 aromatic rings. The zero-order valence-corrected chi connectivity index (χ0v) is 20.2. The van der Waals surface area contributed by atoms with Gasteiger partial charge in [0.25, 0.3) is 0 Å². The van der Waals surface area contributed by atoms with Gasteiger partial charge in [-0.25, -0.2) is 9.97 Å². The van der Waals surface area contributed by atoms with Gasteiger partial charge in [-0.15, -0.1) is 0 Å². The van der Waals surface area contributed by atoms with Crippen LogP contribution in [-0.4, -0.2) is 25.9 Å². The van der Waals surface area contributed by atoms with E-state index in [1.807, 2.05) is 36.4 Å². The van der Waals surface area contributed by atoms with E-state index in [0.29, 0.717) is 16.9 Å². The number of hydrogen-bond donors (Lipinski definition) is 2. The SMILES string of the molecule is O=P(O)(O)C[C@H]1CC[C@H](c2ccc(N3C(c4ccccc4)=C=Cc4c(Cl)ncnc43)cc2)CC1. The van der Waals surface area contributed by atoms with Crippen molar-refractivity contribution in [1.82, 2.24) is 9.97 Å². The highest BCUT2D eigenvalue weighted by atomic mass is 35.5. The first-order chi connectivity index (χ1) is 16.4. The molecule has 0 saturated heterocycles. The molecule has 0 amide bonds. The molecule has 34 heavy (non-hydrogen) atoms. The molecule has 8 heteroatoms. The van der Waals surface area contributed by atoms with Crippen molar-refractivity contribution in [3.05, 3.63) is 88.5 Å². The molecule has 1 aliphatic carbocycles. The zero-order valence-electron chi connectivity index (χ0n) is 18.5. The van der Waals surface area contributed by atoms with Gasteiger partial charge in [-0.3, -0.25) is 9.46 Å². The molecule has 0 unspecified atom stereocenters. The molecule has 2 heterocycles. The summed E-state index contributed by atoms with van der Waals surface area (Å²) in [6, 6.07) is 18.5. The van der Waals surface area contributed by atoms with Crippen LogP contribution >= 0.6 is 19.2 Å². The number of aromatic nitrogens is 2. The molecule has 0 spiro atoms. The average Bonchev–Trinajstić information content (AvgIpc) is 2.84. The van der Waals surface area contributed by atoms with Crippen LogP contribution in [0.15, 0.2) is 66.7 Å². The van der Waals surface area contributed by atoms with Gasteiger partial charge in [0, 0.05) is 11.3 Å². The fraction of sp³-hybridized carbons (Fsp3) is 0.269. The second-order valence-electron chi connectivity index (χ2n) is 8.90. The molecular formula is C26H25ClN3O3P. The third-order valence-electron chi connectivity index (χ3n) is 6.62. The van der Waals surface area contributed by atoms with Crippen LogP contribution in [0.25, 0.3) is 11.8 Å². The zero-order chi connectivity index (χ0) is 23.7. The Morgan fingerprint density at radius 3 is 2.38 bits per heavy atom. The highest BCUT2D eigenvalue weighted by molar-refractivity contribution is 7.51. The van der Waals surface area contributed by atoms with E-state index in [0.717, 1.165) is 48.2 Å². The van der Waals surface area contributed by atoms with E-state index in [1.165, 1.54) is 11.9 Å². The van der Waals surface area contributed by atoms with Crippen LogP contribution in [0.1, 0.15) is 48.3 Å². The minimum Gasteiger partial charge on any atom is -0.324 e. The Hall–Kier alpha value is -2.72. The van der Waals surface area contributed by atoms with E-state index in [2.05, 4.69) is 44.9 Å². The summed E-state index contributed by atoms with van der Waals surface area (Å²) in [7, 11) is -3.95. The topological polar surface area (TPSA) is 86.5 Å². The molecule has 5 rings (SSSR count). The van der Waals surface area contributed by atoms with Gasteiger partial charge in [-0.1, -0.05) is 59.8 Å². The van der Waals surface area contributed by atoms with Crippen molar-refractivity contribution in [3.8, 4) is 0 Å². The van der Waals surface area contributed by atoms with E-state index in [-0.39, 0.29) is 12.1 Å². The predicted molar refractivity (Wildman–Crippen MR) is 135 cm³/mol. The number of nitrogens with zero attached hydrogens (tertiary/aromatic N) is 3. The second-order valence-corrected chi connectivity index (χ2v) is 10.9. The summed E-state index contributed by atoms with van der Waals surface area (Å²) in [6.45, 7) is 0. The number of halogens is 1. The summed E-state index contributed by atoms with van der Waals surface area (Å²) in [4.78, 5) is 29.3. The van der Waals surface area contributed by atoms with E-state index in [1.54, 1.807) is 0 Å². The van der Waals surface area contributed by atoms with Crippen molar-refractivity contribution in [1.29, 1.82) is 0 Å². The molecule has 2 aliphatic rings. The summed E-state index contributed by atoms with van der Waals surface area (Å²) in [6.07, 6.45) is 6.88. The summed E-state index contributed by atoms with van der Waals surface area (Å²) in [5, 5.41) is 0.387. The first kappa shape index (κ1) is 23.0. The maximum atomic E-state index is 11.3. The van der Waals surface area contributed by atoms with Gasteiger partial charge in [0.05, 0.1) is 17.4 Å². The minimum absolute atomic E-state index is 0.000438. The van der Waals surface area contributed by atoms with E-state index < -0.39 is 7.60 Å². The number of hydrogen-bond acceptors (Lipinski definition) is 4. The molecule has 0 atom stereocenters. The van der Waals surface area contributed by atoms with Gasteiger partial charge in [0.2, 0.25) is 0 Å². The molecular weight excluding hydrogens is 469 g/mol. The van der Waals surface area contributed by atoms with Crippen LogP contribution in [0.5, 0.6) is 0 Å². The molecule has 6 nitrogen and oxygen atoms in total. The molecule has 1 aliphatic heterocycles. The van der Waals surface area contributed by atoms with Gasteiger partial charge in [0.1, 0.15) is 11.5 Å². The second kappa shape index (κ2) is 9.50. The molecule has 2 N–H and O–H groups in total. The molecule has 174 valence electrons. The third-order valence-corrected chi connectivity index (χ3v) is 7.91. The van der Waals surface area contributed by atoms with Gasteiger partial charge in [-0.2, -0.15) is 0 Å². The van der Waals surface area contributed by atoms with Crippen molar-refractivity contribution in [2.75, 3.05) is 11.1 Å². The van der Waals surface area contributed by atoms with Crippen LogP contribution in [-0.2, 0) is 4.57 Å². The summed E-state index contributed by atoms with van der Waals surface area (Å²) in [5.74, 6) is 1.22. The maximum absolute atomic E-state index is 11.3. The lowest BCUT2D eigenvalue weighted by Crippen LogP contribution is -2.20. The Bertz CT molecular complexity index is 1290. The largest absolute Gasteiger partial charge is 0.325 e. The fourth-order valence-electron chi connectivity index (χ4n) is 4.95. The number of rotatable bonds is 5. The fourth-order valence-corrected chi connectivity index (χ4v) is 6.17. The molecule has 1 saturated carbocycles. The number of benzene rings is 2. The van der Waals surface area contributed by atoms with Crippen LogP contribution in [0.4, 0.5) is 11.5 Å². The van der Waals surface area contributed by atoms with Crippen molar-refractivity contribution >= 4 is 42.5 Å². The molecule has 1 aromatic heterocycles. The van der Waals surface area contributed by atoms with Gasteiger partial charge in [0.15, 0.2) is 5.82 Å². The predicted octanol–water partition coefficient (Wildman–Crippen LogP) is 6.39. The standard InChI is InChI=1S/C26H25ClN3O3P/c27-25-23-14-15-24(21-4-2-1-3-5-21)30(26(23)29-17-28-25)22-12-10-20(11-13-22)19-8-6-18(7-9-19)16-34(31,32)33/h1-5,10-14,17-19H,6-9,16H2,(H2,31,32,33)/t18-,19-. The Morgan fingerprint density at radius 1 is 1.00 bits per heavy atom. The summed E-state index contributed by atoms with van der Waals surface area (Å²) >= 11 is 6.36. The van der Waals surface area contributed by atoms with E-state index >= 15 is 0 Å². The maximum Gasteiger partial charge on any atom is 0.325 e. The van der Waals surface area contributed by atoms with Gasteiger partial charge >= 0.3 is 7.60 Å². The number of anilines is 2. The lowest BCUT2D eigenvalue weighted by atomic mass is 9.79. The Kier molecular flexibility index (Phi) is 6.44. The first-order valence-corrected chi connectivity index (χ1v) is 13.5. The quantitative estimate of drug-likeness (QED) is 0.243. The first-order valence-electron chi connectivity index (χ1n) is 11.4. The monoisotopic (exact) mass is 493 g/mol. The third kappa shape index (κ3) is 4.88. The van der Waals surface area contributed by atoms with Crippen molar-refractivity contribution in [3.63, 3.8) is 0 Å². The Labute approximate surface area is 203 Å². The lowest BCUT2D eigenvalue weighted by Gasteiger charge is -2.31. The number of fused-ring (bicyclic) bond motifs is 1. The summed E-state index contributed by atoms with van der Waals surface area (Å²) in [5.41, 5.74) is 8.21. The van der Waals surface area contributed by atoms with Crippen LogP contribution < -0.4 is 4.90 Å². The van der Waals surface area contributed by atoms with Gasteiger partial charge in [-0.05, 0) is 61.3 Å². The average molecular weight is 494 g/mol. The molecule has 0 radical (unpaired) electrons. The normalized spacial score (nSPS) is 20.1. The van der Waals surface area contributed by atoms with Crippen molar-refractivity contribution < 1.29 is 14.4 Å². The highest BCUT2D eigenvalue weighted by Crippen LogP contribution is 2.45. The summed E-state index contributed by atoms with van der Waals surface area (Å²) < 4.78 is 11.3. The lowest BCUT2D eigenvalue weighted by molar-refractivity contribution is 0.316. The smallest absolute Gasteiger partial charge is 0.324 e. The Balaban J connectivity index is 1.42. The molecule has 2 aromatic carbocycles. The van der Waals surface area contributed by atoms with Crippen molar-refractivity contribution in [2.45, 2.75) is 31.6 Å². The van der Waals surface area contributed by atoms with Crippen molar-refractivity contribution in [2.24, 2.45) is 5.92 Å². The molecule has 1 fully saturated rings. The Morgan fingerprint density at radius 2 is 1.71 bits per heavy atom. The van der Waals surface area contributed by atoms with Crippen LogP contribution in [0.3, 0.4) is 0 Å². The minimum atomic E-state index is -3.95. The highest BCUT2D eigenvalue weighted by Gasteiger charge is 2.28. The van der Waals surface area contributed by atoms with E-state index in [4.69, 9.17) is 11.6 Å². The van der Waals surface area contributed by atoms with Crippen LogP contribution in [0, 0.1) is 5.92 Å². The molecule has 0 bridgehead atoms. The van der Waals surface area contributed by atoms with E-state index in [9.17, 15) is 14.4 Å².